The van der Waals surface area contributed by atoms with Crippen molar-refractivity contribution in [3.8, 4) is 0 Å². The Kier molecular flexibility index (Phi) is 4.81. The number of anilines is 1. The second kappa shape index (κ2) is 6.38. The molecule has 0 saturated carbocycles. The lowest BCUT2D eigenvalue weighted by atomic mass is 10.0. The van der Waals surface area contributed by atoms with Gasteiger partial charge in [0.05, 0.1) is 17.6 Å². The average Bonchev–Trinajstić information content (AvgIpc) is 2.76. The van der Waals surface area contributed by atoms with Crippen molar-refractivity contribution in [1.29, 1.82) is 0 Å². The van der Waals surface area contributed by atoms with Gasteiger partial charge in [-0.1, -0.05) is 20.8 Å². The maximum Gasteiger partial charge on any atom is 0.0572 e. The molecule has 2 rings (SSSR count). The molecule has 1 aromatic rings. The molecule has 0 aliphatic carbocycles. The summed E-state index contributed by atoms with van der Waals surface area (Å²) in [5.74, 6) is 1.56. The average molecular weight is 261 g/mol. The minimum atomic E-state index is 0.338. The Labute approximate surface area is 117 Å². The minimum absolute atomic E-state index is 0.338. The third-order valence-electron chi connectivity index (χ3n) is 4.27. The van der Waals surface area contributed by atoms with Crippen molar-refractivity contribution < 1.29 is 0 Å². The first kappa shape index (κ1) is 14.3. The first-order chi connectivity index (χ1) is 9.11. The molecule has 1 aliphatic rings. The van der Waals surface area contributed by atoms with Crippen molar-refractivity contribution in [2.75, 3.05) is 24.5 Å². The molecule has 1 fully saturated rings. The maximum atomic E-state index is 4.62. The lowest BCUT2D eigenvalue weighted by molar-refractivity contribution is 0.494. The summed E-state index contributed by atoms with van der Waals surface area (Å²) in [6.07, 6.45) is 3.19. The van der Waals surface area contributed by atoms with Gasteiger partial charge in [0.15, 0.2) is 0 Å². The number of nitrogens with one attached hydrogen (secondary N) is 1. The van der Waals surface area contributed by atoms with Gasteiger partial charge in [0.2, 0.25) is 0 Å². The van der Waals surface area contributed by atoms with E-state index in [2.05, 4.69) is 55.0 Å². The van der Waals surface area contributed by atoms with E-state index in [-0.39, 0.29) is 0 Å². The largest absolute Gasteiger partial charge is 0.370 e. The van der Waals surface area contributed by atoms with Crippen LogP contribution in [-0.2, 0) is 0 Å². The van der Waals surface area contributed by atoms with Crippen LogP contribution in [-0.4, -0.2) is 24.6 Å². The van der Waals surface area contributed by atoms with E-state index in [0.717, 1.165) is 43.6 Å². The molecule has 106 valence electrons. The third-order valence-corrected chi connectivity index (χ3v) is 4.27. The van der Waals surface area contributed by atoms with Gasteiger partial charge in [-0.15, -0.1) is 0 Å². The normalized spacial score (nSPS) is 24.7. The molecule has 0 bridgehead atoms. The van der Waals surface area contributed by atoms with Gasteiger partial charge in [-0.3, -0.25) is 4.98 Å². The van der Waals surface area contributed by atoms with E-state index in [0.29, 0.717) is 6.04 Å². The van der Waals surface area contributed by atoms with Crippen molar-refractivity contribution in [3.63, 3.8) is 0 Å². The van der Waals surface area contributed by atoms with E-state index in [4.69, 9.17) is 0 Å². The quantitative estimate of drug-likeness (QED) is 0.882. The molecule has 3 nitrogen and oxygen atoms in total. The number of nitrogens with zero attached hydrogens (tertiary/aromatic N) is 2. The predicted molar refractivity (Wildman–Crippen MR) is 81.5 cm³/mol. The molecule has 2 heterocycles. The van der Waals surface area contributed by atoms with E-state index < -0.39 is 0 Å². The van der Waals surface area contributed by atoms with Crippen molar-refractivity contribution in [3.05, 3.63) is 24.0 Å². The third kappa shape index (κ3) is 3.47. The van der Waals surface area contributed by atoms with Gasteiger partial charge < -0.3 is 10.2 Å². The number of aromatic nitrogens is 1. The fourth-order valence-electron chi connectivity index (χ4n) is 2.65. The van der Waals surface area contributed by atoms with Gasteiger partial charge in [-0.2, -0.15) is 0 Å². The Balaban J connectivity index is 1.98. The van der Waals surface area contributed by atoms with E-state index in [1.807, 2.05) is 6.20 Å². The molecule has 19 heavy (non-hydrogen) atoms. The van der Waals surface area contributed by atoms with Crippen molar-refractivity contribution in [2.24, 2.45) is 11.8 Å². The fraction of sp³-hybridized carbons (Fsp3) is 0.688. The predicted octanol–water partition coefficient (Wildman–Crippen LogP) is 3.23. The summed E-state index contributed by atoms with van der Waals surface area (Å²) in [5.41, 5.74) is 2.40. The highest BCUT2D eigenvalue weighted by molar-refractivity contribution is 5.46. The fourth-order valence-corrected chi connectivity index (χ4v) is 2.65. The van der Waals surface area contributed by atoms with Crippen LogP contribution in [0.2, 0.25) is 0 Å². The molecule has 1 N–H and O–H groups in total. The summed E-state index contributed by atoms with van der Waals surface area (Å²) in [6, 6.07) is 4.72. The second-order valence-corrected chi connectivity index (χ2v) is 5.98. The lowest BCUT2D eigenvalue weighted by Crippen LogP contribution is -2.22. The van der Waals surface area contributed by atoms with Crippen LogP contribution in [0.25, 0.3) is 0 Å². The summed E-state index contributed by atoms with van der Waals surface area (Å²) in [4.78, 5) is 7.08. The van der Waals surface area contributed by atoms with Crippen molar-refractivity contribution in [1.82, 2.24) is 10.3 Å². The molecule has 1 aromatic heterocycles. The highest BCUT2D eigenvalue weighted by Crippen LogP contribution is 2.27. The van der Waals surface area contributed by atoms with Crippen molar-refractivity contribution >= 4 is 5.69 Å². The Morgan fingerprint density at radius 1 is 1.32 bits per heavy atom. The van der Waals surface area contributed by atoms with E-state index in [1.54, 1.807) is 0 Å². The summed E-state index contributed by atoms with van der Waals surface area (Å²) in [5, 5.41) is 3.48. The van der Waals surface area contributed by atoms with Crippen LogP contribution in [0.4, 0.5) is 5.69 Å². The minimum Gasteiger partial charge on any atom is -0.370 e. The summed E-state index contributed by atoms with van der Waals surface area (Å²) in [7, 11) is 0. The molecule has 0 spiro atoms. The Morgan fingerprint density at radius 2 is 2.00 bits per heavy atom. The van der Waals surface area contributed by atoms with Gasteiger partial charge in [0.1, 0.15) is 0 Å². The number of hydrogen-bond acceptors (Lipinski definition) is 3. The molecule has 1 saturated heterocycles. The standard InChI is InChI=1S/C16H27N3/c1-5-8-17-14(4)16-7-6-15(9-18-16)19-10-12(2)13(3)11-19/h6-7,9,12-14,17H,5,8,10-11H2,1-4H3. The Hall–Kier alpha value is -1.09. The van der Waals surface area contributed by atoms with Gasteiger partial charge in [-0.05, 0) is 43.9 Å². The molecule has 1 aliphatic heterocycles. The monoisotopic (exact) mass is 261 g/mol. The van der Waals surface area contributed by atoms with Crippen LogP contribution in [0.15, 0.2) is 18.3 Å². The molecule has 0 amide bonds. The van der Waals surface area contributed by atoms with Gasteiger partial charge >= 0.3 is 0 Å². The van der Waals surface area contributed by atoms with Crippen LogP contribution in [0.1, 0.15) is 45.9 Å². The lowest BCUT2D eigenvalue weighted by Gasteiger charge is -2.19. The zero-order valence-electron chi connectivity index (χ0n) is 12.7. The topological polar surface area (TPSA) is 28.2 Å². The summed E-state index contributed by atoms with van der Waals surface area (Å²) in [6.45, 7) is 12.4. The van der Waals surface area contributed by atoms with E-state index in [9.17, 15) is 0 Å². The molecule has 0 radical (unpaired) electrons. The van der Waals surface area contributed by atoms with Crippen LogP contribution in [0, 0.1) is 11.8 Å². The van der Waals surface area contributed by atoms with E-state index in [1.165, 1.54) is 5.69 Å². The zero-order valence-corrected chi connectivity index (χ0v) is 12.7. The second-order valence-electron chi connectivity index (χ2n) is 5.98. The van der Waals surface area contributed by atoms with Crippen molar-refractivity contribution in [2.45, 2.75) is 40.2 Å². The summed E-state index contributed by atoms with van der Waals surface area (Å²) >= 11 is 0. The van der Waals surface area contributed by atoms with Gasteiger partial charge in [0, 0.05) is 19.1 Å². The molecule has 3 atom stereocenters. The number of rotatable bonds is 5. The van der Waals surface area contributed by atoms with Gasteiger partial charge in [-0.25, -0.2) is 0 Å². The van der Waals surface area contributed by atoms with Crippen LogP contribution >= 0.6 is 0 Å². The molecular weight excluding hydrogens is 234 g/mol. The zero-order chi connectivity index (χ0) is 13.8. The van der Waals surface area contributed by atoms with E-state index >= 15 is 0 Å². The van der Waals surface area contributed by atoms with Crippen LogP contribution in [0.5, 0.6) is 0 Å². The molecule has 0 aromatic carbocycles. The highest BCUT2D eigenvalue weighted by atomic mass is 15.2. The molecular formula is C16H27N3. The Bertz CT molecular complexity index is 377. The summed E-state index contributed by atoms with van der Waals surface area (Å²) < 4.78 is 0. The maximum absolute atomic E-state index is 4.62. The molecule has 3 unspecified atom stereocenters. The molecule has 3 heteroatoms. The smallest absolute Gasteiger partial charge is 0.0572 e. The SMILES string of the molecule is CCCNC(C)c1ccc(N2CC(C)C(C)C2)cn1. The van der Waals surface area contributed by atoms with Crippen LogP contribution < -0.4 is 10.2 Å². The first-order valence-electron chi connectivity index (χ1n) is 7.56. The number of pyridine rings is 1. The highest BCUT2D eigenvalue weighted by Gasteiger charge is 2.26. The Morgan fingerprint density at radius 3 is 2.53 bits per heavy atom. The number of hydrogen-bond donors (Lipinski definition) is 1. The first-order valence-corrected chi connectivity index (χ1v) is 7.56. The van der Waals surface area contributed by atoms with Crippen LogP contribution in [0.3, 0.4) is 0 Å². The van der Waals surface area contributed by atoms with Gasteiger partial charge in [0.25, 0.3) is 0 Å².